The van der Waals surface area contributed by atoms with Gasteiger partial charge >= 0.3 is 12.1 Å². The molecule has 5 atom stereocenters. The van der Waals surface area contributed by atoms with Crippen LogP contribution in [0, 0.1) is 17.2 Å². The molecule has 0 aromatic carbocycles. The molecule has 0 radical (unpaired) electrons. The summed E-state index contributed by atoms with van der Waals surface area (Å²) in [6.07, 6.45) is -4.41. The predicted octanol–water partition coefficient (Wildman–Crippen LogP) is 0.243. The van der Waals surface area contributed by atoms with E-state index in [9.17, 15) is 25.1 Å². The zero-order chi connectivity index (χ0) is 27.0. The normalized spacial score (nSPS) is 25.7. The van der Waals surface area contributed by atoms with Gasteiger partial charge in [0.2, 0.25) is 5.60 Å². The van der Waals surface area contributed by atoms with Crippen LogP contribution in [0.2, 0.25) is 0 Å². The molecular weight excluding hydrogens is 460 g/mol. The molecule has 1 amide bonds. The summed E-state index contributed by atoms with van der Waals surface area (Å²) < 4.78 is 25.5. The number of esters is 1. The maximum atomic E-state index is 12.7. The van der Waals surface area contributed by atoms with Gasteiger partial charge in [0, 0.05) is 0 Å². The smallest absolute Gasteiger partial charge is 0.408 e. The van der Waals surface area contributed by atoms with Gasteiger partial charge < -0.3 is 35.5 Å². The first kappa shape index (κ1) is 24.6. The number of nitrogens with two attached hydrogens (primary N) is 1. The number of fused-ring (bicyclic) bond motifs is 1. The molecule has 3 heterocycles. The Labute approximate surface area is 203 Å². The molecule has 0 unspecified atom stereocenters. The van der Waals surface area contributed by atoms with E-state index in [4.69, 9.17) is 21.3 Å². The number of aliphatic hydroxyl groups is 2. The van der Waals surface area contributed by atoms with Gasteiger partial charge in [0.05, 0.1) is 7.06 Å². The lowest BCUT2D eigenvalue weighted by molar-refractivity contribution is -0.154. The number of aromatic nitrogens is 3. The molecule has 0 aliphatic carbocycles. The topological polar surface area (TPSA) is 194 Å². The lowest BCUT2D eigenvalue weighted by atomic mass is 9.92. The van der Waals surface area contributed by atoms with Crippen LogP contribution < -0.4 is 11.1 Å². The van der Waals surface area contributed by atoms with Gasteiger partial charge in [-0.3, -0.25) is 0 Å². The molecule has 13 nitrogen and oxygen atoms in total. The zero-order valence-corrected chi connectivity index (χ0v) is 20.1. The molecule has 2 aromatic rings. The molecule has 5 N–H and O–H groups in total. The number of amides is 1. The fraction of sp³-hybridized carbons (Fsp3) is 0.591. The Hall–Kier alpha value is -3.47. The fourth-order valence-corrected chi connectivity index (χ4v) is 3.65. The number of anilines is 1. The Bertz CT molecular complexity index is 1190. The van der Waals surface area contributed by atoms with E-state index >= 15 is 0 Å². The Balaban J connectivity index is 1.79. The van der Waals surface area contributed by atoms with Gasteiger partial charge in [-0.25, -0.2) is 19.1 Å². The van der Waals surface area contributed by atoms with E-state index in [1.54, 1.807) is 34.6 Å². The highest BCUT2D eigenvalue weighted by molar-refractivity contribution is 5.81. The van der Waals surface area contributed by atoms with Gasteiger partial charge in [0.1, 0.15) is 54.5 Å². The quantitative estimate of drug-likeness (QED) is 0.404. The van der Waals surface area contributed by atoms with Gasteiger partial charge in [-0.05, 0) is 38.8 Å². The molecule has 190 valence electrons. The SMILES string of the molecule is [2H]c1cc([C@]2(C#N)O[C@H](COC(=O)[C@@H](NC(=O)OC(C)(C)C)C(C)C)[C@@H](O)[C@H]2O)n2ncnc(N)c12. The summed E-state index contributed by atoms with van der Waals surface area (Å²) in [5, 5.41) is 37.9. The Kier molecular flexibility index (Phi) is 6.79. The molecule has 1 aliphatic rings. The van der Waals surface area contributed by atoms with Crippen LogP contribution >= 0.6 is 0 Å². The number of hydrogen-bond donors (Lipinski definition) is 4. The van der Waals surface area contributed by atoms with E-state index < -0.39 is 54.2 Å². The third kappa shape index (κ3) is 5.14. The minimum Gasteiger partial charge on any atom is -0.461 e. The molecule has 35 heavy (non-hydrogen) atoms. The highest BCUT2D eigenvalue weighted by Gasteiger charge is 2.58. The number of hydrogen-bond acceptors (Lipinski definition) is 11. The van der Waals surface area contributed by atoms with Gasteiger partial charge in [-0.2, -0.15) is 10.4 Å². The van der Waals surface area contributed by atoms with Crippen molar-refractivity contribution in [2.24, 2.45) is 5.92 Å². The largest absolute Gasteiger partial charge is 0.461 e. The van der Waals surface area contributed by atoms with Crippen molar-refractivity contribution in [3.63, 3.8) is 0 Å². The van der Waals surface area contributed by atoms with Crippen molar-refractivity contribution < 1.29 is 35.4 Å². The van der Waals surface area contributed by atoms with Crippen LogP contribution in [0.3, 0.4) is 0 Å². The van der Waals surface area contributed by atoms with E-state index in [-0.39, 0.29) is 29.0 Å². The predicted molar refractivity (Wildman–Crippen MR) is 121 cm³/mol. The number of rotatable bonds is 6. The van der Waals surface area contributed by atoms with Crippen LogP contribution in [-0.4, -0.2) is 73.4 Å². The van der Waals surface area contributed by atoms with Crippen LogP contribution in [0.1, 0.15) is 41.7 Å². The van der Waals surface area contributed by atoms with Crippen LogP contribution in [0.15, 0.2) is 18.4 Å². The molecule has 1 aliphatic heterocycles. The molecule has 1 saturated heterocycles. The number of carbonyl (C=O) groups is 2. The third-order valence-corrected chi connectivity index (χ3v) is 5.38. The van der Waals surface area contributed by atoms with E-state index in [2.05, 4.69) is 15.4 Å². The summed E-state index contributed by atoms with van der Waals surface area (Å²) in [6.45, 7) is 7.89. The van der Waals surface area contributed by atoms with Crippen LogP contribution in [0.5, 0.6) is 0 Å². The number of alkyl carbamates (subject to hydrolysis) is 1. The van der Waals surface area contributed by atoms with Crippen molar-refractivity contribution in [2.75, 3.05) is 12.3 Å². The fourth-order valence-electron chi connectivity index (χ4n) is 3.65. The van der Waals surface area contributed by atoms with Crippen molar-refractivity contribution in [2.45, 2.75) is 70.2 Å². The van der Waals surface area contributed by atoms with Gasteiger partial charge in [-0.15, -0.1) is 0 Å². The molecule has 13 heteroatoms. The molecule has 1 fully saturated rings. The van der Waals surface area contributed by atoms with E-state index in [0.717, 1.165) is 10.8 Å². The number of nitrogens with one attached hydrogen (secondary N) is 1. The van der Waals surface area contributed by atoms with Crippen molar-refractivity contribution in [3.05, 3.63) is 24.1 Å². The molecular formula is C22H30N6O7. The average Bonchev–Trinajstić information content (AvgIpc) is 3.25. The summed E-state index contributed by atoms with van der Waals surface area (Å²) in [5.74, 6) is -1.21. The monoisotopic (exact) mass is 491 g/mol. The average molecular weight is 492 g/mol. The molecule has 3 rings (SSSR count). The van der Waals surface area contributed by atoms with E-state index in [1.165, 1.54) is 6.07 Å². The molecule has 0 bridgehead atoms. The van der Waals surface area contributed by atoms with E-state index in [1.807, 2.05) is 6.07 Å². The first-order valence-electron chi connectivity index (χ1n) is 11.4. The summed E-state index contributed by atoms with van der Waals surface area (Å²) >= 11 is 0. The lowest BCUT2D eigenvalue weighted by Gasteiger charge is -2.25. The summed E-state index contributed by atoms with van der Waals surface area (Å²) in [7, 11) is 0. The van der Waals surface area contributed by atoms with Gasteiger partial charge in [-0.1, -0.05) is 13.8 Å². The number of nitrogens with zero attached hydrogens (tertiary/aromatic N) is 4. The van der Waals surface area contributed by atoms with Crippen LogP contribution in [0.25, 0.3) is 5.52 Å². The number of nitriles is 1. The van der Waals surface area contributed by atoms with Gasteiger partial charge in [0.15, 0.2) is 5.82 Å². The number of ether oxygens (including phenoxy) is 3. The Morgan fingerprint density at radius 2 is 2.14 bits per heavy atom. The Morgan fingerprint density at radius 3 is 2.74 bits per heavy atom. The minimum absolute atomic E-state index is 0.0231. The van der Waals surface area contributed by atoms with Crippen molar-refractivity contribution in [1.82, 2.24) is 19.9 Å². The second kappa shape index (κ2) is 9.65. The van der Waals surface area contributed by atoms with Crippen molar-refractivity contribution in [1.29, 1.82) is 5.26 Å². The summed E-state index contributed by atoms with van der Waals surface area (Å²) in [6, 6.07) is 1.90. The summed E-state index contributed by atoms with van der Waals surface area (Å²) in [4.78, 5) is 28.7. The molecule has 0 saturated carbocycles. The first-order chi connectivity index (χ1) is 16.7. The second-order valence-electron chi connectivity index (χ2n) is 9.52. The standard InChI is InChI=1S/C22H30N6O7/c1-11(2)15(27-20(32)35-21(3,4)5)19(31)33-8-13-16(29)17(30)22(9-23,34-13)14-7-6-12-18(24)25-10-26-28(12)14/h6-7,10-11,13,15-17,29-30H,8H2,1-5H3,(H,27,32)(H2,24,25,26)/t13-,15+,16-,17-,22+/m1/s1/i6D. The molecule has 0 spiro atoms. The Morgan fingerprint density at radius 1 is 1.46 bits per heavy atom. The van der Waals surface area contributed by atoms with Gasteiger partial charge in [0.25, 0.3) is 0 Å². The maximum absolute atomic E-state index is 12.7. The highest BCUT2D eigenvalue weighted by Crippen LogP contribution is 2.40. The van der Waals surface area contributed by atoms with Crippen molar-refractivity contribution in [3.8, 4) is 6.07 Å². The second-order valence-corrected chi connectivity index (χ2v) is 9.52. The van der Waals surface area contributed by atoms with E-state index in [0.29, 0.717) is 0 Å². The van der Waals surface area contributed by atoms with Crippen LogP contribution in [-0.2, 0) is 24.6 Å². The third-order valence-electron chi connectivity index (χ3n) is 5.38. The number of aliphatic hydroxyl groups excluding tert-OH is 2. The summed E-state index contributed by atoms with van der Waals surface area (Å²) in [5.41, 5.74) is 2.94. The maximum Gasteiger partial charge on any atom is 0.408 e. The van der Waals surface area contributed by atoms with Crippen LogP contribution in [0.4, 0.5) is 10.6 Å². The van der Waals surface area contributed by atoms with Crippen molar-refractivity contribution >= 4 is 23.4 Å². The first-order valence-corrected chi connectivity index (χ1v) is 10.9. The zero-order valence-electron chi connectivity index (χ0n) is 21.1. The number of carbonyl (C=O) groups excluding carboxylic acids is 2. The lowest BCUT2D eigenvalue weighted by Crippen LogP contribution is -2.48. The minimum atomic E-state index is -2.15. The highest BCUT2D eigenvalue weighted by atomic mass is 16.6. The molecule has 2 aromatic heterocycles. The number of nitrogen functional groups attached to an aromatic ring is 1.